The highest BCUT2D eigenvalue weighted by atomic mass is 19.1. The third-order valence-electron chi connectivity index (χ3n) is 4.50. The lowest BCUT2D eigenvalue weighted by Gasteiger charge is -2.23. The lowest BCUT2D eigenvalue weighted by molar-refractivity contribution is -0.125. The van der Waals surface area contributed by atoms with Crippen LogP contribution in [0.3, 0.4) is 0 Å². The molecule has 5 heteroatoms. The maximum absolute atomic E-state index is 13.6. The predicted molar refractivity (Wildman–Crippen MR) is 94.4 cm³/mol. The van der Waals surface area contributed by atoms with Gasteiger partial charge < -0.3 is 10.3 Å². The normalized spacial score (nSPS) is 11.7. The second-order valence-electron chi connectivity index (χ2n) is 6.65. The van der Waals surface area contributed by atoms with Gasteiger partial charge in [0.2, 0.25) is 5.91 Å². The van der Waals surface area contributed by atoms with Gasteiger partial charge in [0.15, 0.2) is 0 Å². The number of nitrogens with one attached hydrogen (secondary N) is 2. The van der Waals surface area contributed by atoms with Gasteiger partial charge in [-0.15, -0.1) is 0 Å². The lowest BCUT2D eigenvalue weighted by Crippen LogP contribution is -2.40. The van der Waals surface area contributed by atoms with Gasteiger partial charge in [-0.3, -0.25) is 4.79 Å². The van der Waals surface area contributed by atoms with E-state index < -0.39 is 5.41 Å². The van der Waals surface area contributed by atoms with Crippen LogP contribution in [0.25, 0.3) is 10.9 Å². The van der Waals surface area contributed by atoms with Crippen molar-refractivity contribution in [1.82, 2.24) is 10.3 Å². The highest BCUT2D eigenvalue weighted by Crippen LogP contribution is 2.31. The predicted octanol–water partition coefficient (Wildman–Crippen LogP) is 4.08. The quantitative estimate of drug-likeness (QED) is 0.721. The van der Waals surface area contributed by atoms with Gasteiger partial charge in [-0.1, -0.05) is 12.1 Å². The third kappa shape index (κ3) is 3.55. The van der Waals surface area contributed by atoms with Gasteiger partial charge in [-0.25, -0.2) is 8.78 Å². The summed E-state index contributed by atoms with van der Waals surface area (Å²) in [6.07, 6.45) is 2.37. The van der Waals surface area contributed by atoms with Crippen LogP contribution in [0.4, 0.5) is 8.78 Å². The van der Waals surface area contributed by atoms with Gasteiger partial charge in [0, 0.05) is 23.6 Å². The van der Waals surface area contributed by atoms with Crippen LogP contribution < -0.4 is 5.32 Å². The van der Waals surface area contributed by atoms with Gasteiger partial charge in [0.1, 0.15) is 11.6 Å². The fourth-order valence-corrected chi connectivity index (χ4v) is 2.92. The number of aromatic amines is 1. The van der Waals surface area contributed by atoms with Crippen molar-refractivity contribution in [2.45, 2.75) is 25.7 Å². The zero-order valence-electron chi connectivity index (χ0n) is 14.2. The average molecular weight is 342 g/mol. The summed E-state index contributed by atoms with van der Waals surface area (Å²) in [5, 5.41) is 3.62. The molecule has 1 amide bonds. The van der Waals surface area contributed by atoms with Crippen LogP contribution in [-0.4, -0.2) is 17.4 Å². The monoisotopic (exact) mass is 342 g/mol. The summed E-state index contributed by atoms with van der Waals surface area (Å²) in [6.45, 7) is 4.08. The Morgan fingerprint density at radius 1 is 1.08 bits per heavy atom. The number of aromatic nitrogens is 1. The van der Waals surface area contributed by atoms with E-state index in [-0.39, 0.29) is 17.5 Å². The van der Waals surface area contributed by atoms with E-state index in [2.05, 4.69) is 10.3 Å². The second kappa shape index (κ2) is 6.67. The van der Waals surface area contributed by atoms with Crippen LogP contribution in [0, 0.1) is 11.6 Å². The number of carbonyl (C=O) groups excluding carboxylic acids is 1. The molecule has 130 valence electrons. The van der Waals surface area contributed by atoms with Crippen molar-refractivity contribution >= 4 is 16.8 Å². The van der Waals surface area contributed by atoms with E-state index in [9.17, 15) is 13.6 Å². The van der Waals surface area contributed by atoms with E-state index in [1.165, 1.54) is 24.3 Å². The van der Waals surface area contributed by atoms with Crippen LogP contribution in [0.2, 0.25) is 0 Å². The van der Waals surface area contributed by atoms with Crippen molar-refractivity contribution in [3.63, 3.8) is 0 Å². The van der Waals surface area contributed by atoms with Crippen molar-refractivity contribution in [2.24, 2.45) is 0 Å². The Balaban J connectivity index is 1.71. The molecule has 0 aliphatic rings. The molecule has 1 heterocycles. The standard InChI is InChI=1S/C20H20F2N2O/c1-20(2,17-12-24-18-8-7-15(22)11-16(17)18)19(25)23-10-9-13-3-5-14(21)6-4-13/h3-8,11-12,24H,9-10H2,1-2H3,(H,23,25). The highest BCUT2D eigenvalue weighted by molar-refractivity contribution is 5.94. The van der Waals surface area contributed by atoms with E-state index in [0.29, 0.717) is 18.4 Å². The summed E-state index contributed by atoms with van der Waals surface area (Å²) in [5.74, 6) is -0.749. The molecule has 0 aliphatic carbocycles. The molecule has 0 spiro atoms. The van der Waals surface area contributed by atoms with Crippen molar-refractivity contribution in [2.75, 3.05) is 6.54 Å². The van der Waals surface area contributed by atoms with Gasteiger partial charge in [0.25, 0.3) is 0 Å². The summed E-state index contributed by atoms with van der Waals surface area (Å²) in [6, 6.07) is 10.7. The maximum atomic E-state index is 13.6. The fourth-order valence-electron chi connectivity index (χ4n) is 2.92. The topological polar surface area (TPSA) is 44.9 Å². The highest BCUT2D eigenvalue weighted by Gasteiger charge is 2.32. The zero-order chi connectivity index (χ0) is 18.0. The SMILES string of the molecule is CC(C)(C(=O)NCCc1ccc(F)cc1)c1c[nH]c2ccc(F)cc12. The number of carbonyl (C=O) groups is 1. The Hall–Kier alpha value is -2.69. The number of H-pyrrole nitrogens is 1. The molecule has 0 bridgehead atoms. The molecular weight excluding hydrogens is 322 g/mol. The molecule has 3 rings (SSSR count). The van der Waals surface area contributed by atoms with Crippen LogP contribution in [-0.2, 0) is 16.6 Å². The van der Waals surface area contributed by atoms with Gasteiger partial charge in [0.05, 0.1) is 5.41 Å². The minimum Gasteiger partial charge on any atom is -0.361 e. The third-order valence-corrected chi connectivity index (χ3v) is 4.50. The molecule has 0 unspecified atom stereocenters. The van der Waals surface area contributed by atoms with Crippen LogP contribution >= 0.6 is 0 Å². The van der Waals surface area contributed by atoms with Crippen LogP contribution in [0.1, 0.15) is 25.0 Å². The molecule has 2 aromatic carbocycles. The molecule has 25 heavy (non-hydrogen) atoms. The Morgan fingerprint density at radius 2 is 1.76 bits per heavy atom. The van der Waals surface area contributed by atoms with Gasteiger partial charge in [-0.2, -0.15) is 0 Å². The minimum absolute atomic E-state index is 0.139. The number of hydrogen-bond donors (Lipinski definition) is 2. The molecule has 3 aromatic rings. The number of amides is 1. The number of halogens is 2. The first-order valence-electron chi connectivity index (χ1n) is 8.18. The van der Waals surface area contributed by atoms with E-state index in [4.69, 9.17) is 0 Å². The molecule has 2 N–H and O–H groups in total. The van der Waals surface area contributed by atoms with Crippen molar-refractivity contribution in [3.8, 4) is 0 Å². The Kier molecular flexibility index (Phi) is 4.57. The maximum Gasteiger partial charge on any atom is 0.230 e. The summed E-state index contributed by atoms with van der Waals surface area (Å²) < 4.78 is 26.5. The van der Waals surface area contributed by atoms with E-state index in [0.717, 1.165) is 16.6 Å². The average Bonchev–Trinajstić information content (AvgIpc) is 3.00. The summed E-state index contributed by atoms with van der Waals surface area (Å²) >= 11 is 0. The number of rotatable bonds is 5. The molecular formula is C20H20F2N2O. The first-order chi connectivity index (χ1) is 11.9. The Bertz CT molecular complexity index is 898. The van der Waals surface area contributed by atoms with Gasteiger partial charge in [-0.05, 0) is 61.7 Å². The molecule has 1 aromatic heterocycles. The number of fused-ring (bicyclic) bond motifs is 1. The molecule has 0 radical (unpaired) electrons. The van der Waals surface area contributed by atoms with Crippen molar-refractivity contribution < 1.29 is 13.6 Å². The Labute approximate surface area is 145 Å². The smallest absolute Gasteiger partial charge is 0.230 e. The summed E-state index contributed by atoms with van der Waals surface area (Å²) in [7, 11) is 0. The molecule has 0 saturated carbocycles. The number of hydrogen-bond acceptors (Lipinski definition) is 1. The minimum atomic E-state index is -0.811. The summed E-state index contributed by atoms with van der Waals surface area (Å²) in [4.78, 5) is 15.7. The fraction of sp³-hybridized carbons (Fsp3) is 0.250. The summed E-state index contributed by atoms with van der Waals surface area (Å²) in [5.41, 5.74) is 1.69. The molecule has 0 fully saturated rings. The Morgan fingerprint density at radius 3 is 2.48 bits per heavy atom. The van der Waals surface area contributed by atoms with Crippen molar-refractivity contribution in [3.05, 3.63) is 71.4 Å². The van der Waals surface area contributed by atoms with Crippen LogP contribution in [0.5, 0.6) is 0 Å². The van der Waals surface area contributed by atoms with Crippen molar-refractivity contribution in [1.29, 1.82) is 0 Å². The largest absolute Gasteiger partial charge is 0.361 e. The second-order valence-corrected chi connectivity index (χ2v) is 6.65. The zero-order valence-corrected chi connectivity index (χ0v) is 14.2. The van der Waals surface area contributed by atoms with E-state index in [1.54, 1.807) is 24.4 Å². The molecule has 3 nitrogen and oxygen atoms in total. The lowest BCUT2D eigenvalue weighted by atomic mass is 9.83. The molecule has 0 aliphatic heterocycles. The first kappa shape index (κ1) is 17.1. The number of benzene rings is 2. The first-order valence-corrected chi connectivity index (χ1v) is 8.18. The van der Waals surface area contributed by atoms with E-state index in [1.807, 2.05) is 13.8 Å². The molecule has 0 atom stereocenters. The van der Waals surface area contributed by atoms with E-state index >= 15 is 0 Å². The van der Waals surface area contributed by atoms with Gasteiger partial charge >= 0.3 is 0 Å². The molecule has 0 saturated heterocycles. The van der Waals surface area contributed by atoms with Crippen LogP contribution in [0.15, 0.2) is 48.7 Å².